The number of nitrogens with two attached hydrogens (primary N) is 1. The van der Waals surface area contributed by atoms with E-state index >= 15 is 0 Å². The van der Waals surface area contributed by atoms with Crippen LogP contribution in [0.2, 0.25) is 0 Å². The fourth-order valence-electron chi connectivity index (χ4n) is 2.38. The molecule has 1 heterocycles. The first kappa shape index (κ1) is 15.1. The van der Waals surface area contributed by atoms with E-state index in [1.54, 1.807) is 16.4 Å². The van der Waals surface area contributed by atoms with Crippen molar-refractivity contribution in [3.63, 3.8) is 0 Å². The number of rotatable bonds is 6. The highest BCUT2D eigenvalue weighted by atomic mass is 32.2. The number of sulfonamides is 1. The molecule has 112 valence electrons. The van der Waals surface area contributed by atoms with Crippen molar-refractivity contribution in [1.82, 2.24) is 4.31 Å². The maximum Gasteiger partial charge on any atom is 0.217 e. The number of hydrogen-bond donors (Lipinski definition) is 1. The van der Waals surface area contributed by atoms with Gasteiger partial charge in [0.15, 0.2) is 0 Å². The number of ether oxygens (including phenoxy) is 1. The van der Waals surface area contributed by atoms with Gasteiger partial charge in [-0.15, -0.1) is 0 Å². The van der Waals surface area contributed by atoms with Crippen LogP contribution in [0, 0.1) is 5.92 Å². The highest BCUT2D eigenvalue weighted by Gasteiger charge is 2.30. The van der Waals surface area contributed by atoms with Gasteiger partial charge in [-0.2, -0.15) is 0 Å². The Kier molecular flexibility index (Phi) is 4.88. The zero-order chi connectivity index (χ0) is 14.6. The average molecular weight is 298 g/mol. The van der Waals surface area contributed by atoms with E-state index in [2.05, 4.69) is 6.92 Å². The number of anilines is 1. The van der Waals surface area contributed by atoms with Crippen molar-refractivity contribution in [2.24, 2.45) is 5.92 Å². The molecule has 1 unspecified atom stereocenters. The van der Waals surface area contributed by atoms with Crippen LogP contribution in [0.1, 0.15) is 19.8 Å². The molecule has 5 nitrogen and oxygen atoms in total. The summed E-state index contributed by atoms with van der Waals surface area (Å²) >= 11 is 0. The summed E-state index contributed by atoms with van der Waals surface area (Å²) in [5.41, 5.74) is 6.27. The van der Waals surface area contributed by atoms with E-state index in [-0.39, 0.29) is 12.4 Å². The number of hydrogen-bond acceptors (Lipinski definition) is 4. The molecule has 0 radical (unpaired) electrons. The largest absolute Gasteiger partial charge is 0.490 e. The van der Waals surface area contributed by atoms with Crippen molar-refractivity contribution < 1.29 is 13.2 Å². The lowest BCUT2D eigenvalue weighted by Gasteiger charge is -2.16. The lowest BCUT2D eigenvalue weighted by molar-refractivity contribution is 0.338. The zero-order valence-corrected chi connectivity index (χ0v) is 12.6. The van der Waals surface area contributed by atoms with Crippen molar-refractivity contribution in [1.29, 1.82) is 0 Å². The Hall–Kier alpha value is -1.27. The Balaban J connectivity index is 1.86. The second kappa shape index (κ2) is 6.45. The second-order valence-corrected chi connectivity index (χ2v) is 7.21. The fraction of sp³-hybridized carbons (Fsp3) is 0.571. The minimum atomic E-state index is -3.22. The molecule has 2 rings (SSSR count). The third-order valence-corrected chi connectivity index (χ3v) is 5.54. The molecule has 1 aliphatic heterocycles. The van der Waals surface area contributed by atoms with Crippen LogP contribution in [-0.2, 0) is 10.0 Å². The van der Waals surface area contributed by atoms with Gasteiger partial charge in [-0.1, -0.05) is 25.5 Å². The molecule has 2 N–H and O–H groups in total. The molecule has 0 aliphatic carbocycles. The molecule has 1 fully saturated rings. The van der Waals surface area contributed by atoms with E-state index in [1.165, 1.54) is 0 Å². The lowest BCUT2D eigenvalue weighted by atomic mass is 10.1. The van der Waals surface area contributed by atoms with Crippen molar-refractivity contribution in [3.8, 4) is 5.75 Å². The summed E-state index contributed by atoms with van der Waals surface area (Å²) in [6, 6.07) is 7.10. The van der Waals surface area contributed by atoms with Gasteiger partial charge in [-0.05, 0) is 24.5 Å². The van der Waals surface area contributed by atoms with Crippen LogP contribution in [0.15, 0.2) is 24.3 Å². The molecule has 20 heavy (non-hydrogen) atoms. The number of nitrogen functional groups attached to an aromatic ring is 1. The Morgan fingerprint density at radius 3 is 2.80 bits per heavy atom. The van der Waals surface area contributed by atoms with Crippen LogP contribution in [0.5, 0.6) is 5.75 Å². The molecule has 1 aliphatic rings. The van der Waals surface area contributed by atoms with Gasteiger partial charge < -0.3 is 10.5 Å². The standard InChI is InChI=1S/C14H22N2O3S/c1-2-12-7-8-16(11-12)20(17,18)10-9-19-14-6-4-3-5-13(14)15/h3-6,12H,2,7-11,15H2,1H3. The number of nitrogens with zero attached hydrogens (tertiary/aromatic N) is 1. The van der Waals surface area contributed by atoms with Gasteiger partial charge in [0.2, 0.25) is 10.0 Å². The van der Waals surface area contributed by atoms with E-state index in [0.29, 0.717) is 30.4 Å². The SMILES string of the molecule is CCC1CCN(S(=O)(=O)CCOc2ccccc2N)C1. The Morgan fingerprint density at radius 1 is 1.40 bits per heavy atom. The van der Waals surface area contributed by atoms with Crippen molar-refractivity contribution >= 4 is 15.7 Å². The molecular formula is C14H22N2O3S. The molecule has 0 spiro atoms. The summed E-state index contributed by atoms with van der Waals surface area (Å²) in [6.07, 6.45) is 1.99. The van der Waals surface area contributed by atoms with E-state index in [4.69, 9.17) is 10.5 Å². The summed E-state index contributed by atoms with van der Waals surface area (Å²) in [5, 5.41) is 0. The fourth-order valence-corrected chi connectivity index (χ4v) is 3.75. The van der Waals surface area contributed by atoms with Crippen LogP contribution in [0.25, 0.3) is 0 Å². The van der Waals surface area contributed by atoms with E-state index < -0.39 is 10.0 Å². The smallest absolute Gasteiger partial charge is 0.217 e. The molecule has 0 aromatic heterocycles. The molecule has 1 aromatic rings. The molecule has 1 saturated heterocycles. The highest BCUT2D eigenvalue weighted by Crippen LogP contribution is 2.23. The number of benzene rings is 1. The minimum absolute atomic E-state index is 0.00221. The summed E-state index contributed by atoms with van der Waals surface area (Å²) in [4.78, 5) is 0. The minimum Gasteiger partial charge on any atom is -0.490 e. The maximum absolute atomic E-state index is 12.2. The van der Waals surface area contributed by atoms with Crippen LogP contribution in [0.4, 0.5) is 5.69 Å². The zero-order valence-electron chi connectivity index (χ0n) is 11.8. The topological polar surface area (TPSA) is 72.6 Å². The molecule has 1 aromatic carbocycles. The third kappa shape index (κ3) is 3.64. The predicted octanol–water partition coefficient (Wildman–Crippen LogP) is 1.71. The first-order valence-corrected chi connectivity index (χ1v) is 8.59. The first-order chi connectivity index (χ1) is 9.53. The van der Waals surface area contributed by atoms with Crippen molar-refractivity contribution in [2.75, 3.05) is 31.2 Å². The first-order valence-electron chi connectivity index (χ1n) is 6.98. The van der Waals surface area contributed by atoms with Crippen LogP contribution in [-0.4, -0.2) is 38.2 Å². The predicted molar refractivity (Wildman–Crippen MR) is 80.1 cm³/mol. The summed E-state index contributed by atoms with van der Waals surface area (Å²) < 4.78 is 31.4. The molecule has 0 amide bonds. The van der Waals surface area contributed by atoms with E-state index in [0.717, 1.165) is 12.8 Å². The highest BCUT2D eigenvalue weighted by molar-refractivity contribution is 7.89. The summed E-state index contributed by atoms with van der Waals surface area (Å²) in [6.45, 7) is 3.51. The monoisotopic (exact) mass is 298 g/mol. The average Bonchev–Trinajstić information content (AvgIpc) is 2.90. The molecule has 0 bridgehead atoms. The number of para-hydroxylation sites is 2. The Bertz CT molecular complexity index is 545. The van der Waals surface area contributed by atoms with Crippen LogP contribution < -0.4 is 10.5 Å². The quantitative estimate of drug-likeness (QED) is 0.812. The van der Waals surface area contributed by atoms with Gasteiger partial charge in [0.05, 0.1) is 11.4 Å². The molecule has 0 saturated carbocycles. The summed E-state index contributed by atoms with van der Waals surface area (Å²) in [7, 11) is -3.22. The van der Waals surface area contributed by atoms with E-state index in [9.17, 15) is 8.42 Å². The van der Waals surface area contributed by atoms with Gasteiger partial charge in [0.1, 0.15) is 12.4 Å². The summed E-state index contributed by atoms with van der Waals surface area (Å²) in [5.74, 6) is 1.03. The van der Waals surface area contributed by atoms with Crippen molar-refractivity contribution in [3.05, 3.63) is 24.3 Å². The van der Waals surface area contributed by atoms with Crippen LogP contribution in [0.3, 0.4) is 0 Å². The second-order valence-electron chi connectivity index (χ2n) is 5.12. The molecular weight excluding hydrogens is 276 g/mol. The normalized spacial score (nSPS) is 20.1. The van der Waals surface area contributed by atoms with E-state index in [1.807, 2.05) is 12.1 Å². The third-order valence-electron chi connectivity index (χ3n) is 3.74. The Labute approximate surface area is 120 Å². The van der Waals surface area contributed by atoms with Gasteiger partial charge in [0, 0.05) is 13.1 Å². The lowest BCUT2D eigenvalue weighted by Crippen LogP contribution is -2.33. The van der Waals surface area contributed by atoms with Gasteiger partial charge in [-0.3, -0.25) is 0 Å². The van der Waals surface area contributed by atoms with Gasteiger partial charge in [0.25, 0.3) is 0 Å². The molecule has 6 heteroatoms. The van der Waals surface area contributed by atoms with Crippen LogP contribution >= 0.6 is 0 Å². The van der Waals surface area contributed by atoms with Crippen molar-refractivity contribution in [2.45, 2.75) is 19.8 Å². The maximum atomic E-state index is 12.2. The van der Waals surface area contributed by atoms with Gasteiger partial charge >= 0.3 is 0 Å². The Morgan fingerprint density at radius 2 is 2.15 bits per heavy atom. The molecule has 1 atom stereocenters. The van der Waals surface area contributed by atoms with Gasteiger partial charge in [-0.25, -0.2) is 12.7 Å².